The van der Waals surface area contributed by atoms with Gasteiger partial charge in [-0.3, -0.25) is 0 Å². The number of carbonyl (C=O) groups is 1. The Labute approximate surface area is 96.7 Å². The maximum atomic E-state index is 10.7. The molecule has 1 fully saturated rings. The molecule has 0 unspecified atom stereocenters. The zero-order valence-electron chi connectivity index (χ0n) is 8.93. The topological polar surface area (TPSA) is 148 Å². The first kappa shape index (κ1) is 14.3. The molecule has 0 aromatic carbocycles. The second-order valence-corrected chi connectivity index (χ2v) is 4.08. The van der Waals surface area contributed by atoms with Crippen LogP contribution in [0.15, 0.2) is 0 Å². The summed E-state index contributed by atoms with van der Waals surface area (Å²) >= 11 is 0. The Morgan fingerprint density at radius 1 is 1.47 bits per heavy atom. The molecule has 17 heavy (non-hydrogen) atoms. The summed E-state index contributed by atoms with van der Waals surface area (Å²) in [4.78, 5) is 10.7. The van der Waals surface area contributed by atoms with Crippen LogP contribution in [-0.2, 0) is 9.53 Å². The quantitative estimate of drug-likeness (QED) is 0.310. The molecule has 8 heteroatoms. The van der Waals surface area contributed by atoms with Gasteiger partial charge in [0.2, 0.25) is 0 Å². The van der Waals surface area contributed by atoms with Crippen molar-refractivity contribution in [3.05, 3.63) is 0 Å². The summed E-state index contributed by atoms with van der Waals surface area (Å²) in [6.07, 6.45) is -6.41. The van der Waals surface area contributed by atoms with Crippen molar-refractivity contribution in [1.29, 1.82) is 0 Å². The van der Waals surface area contributed by atoms with E-state index in [2.05, 4.69) is 0 Å². The van der Waals surface area contributed by atoms with Crippen molar-refractivity contribution in [1.82, 2.24) is 0 Å². The Hall–Kier alpha value is -0.770. The summed E-state index contributed by atoms with van der Waals surface area (Å²) in [6.45, 7) is -0.603. The fourth-order valence-electron chi connectivity index (χ4n) is 1.69. The summed E-state index contributed by atoms with van der Waals surface area (Å²) < 4.78 is 4.77. The summed E-state index contributed by atoms with van der Waals surface area (Å²) in [5.41, 5.74) is 0. The van der Waals surface area contributed by atoms with Gasteiger partial charge in [0.25, 0.3) is 5.79 Å². The summed E-state index contributed by atoms with van der Waals surface area (Å²) in [6, 6.07) is 0. The highest BCUT2D eigenvalue weighted by atomic mass is 16.7. The van der Waals surface area contributed by atoms with Crippen LogP contribution in [-0.4, -0.2) is 73.4 Å². The Morgan fingerprint density at radius 3 is 2.53 bits per heavy atom. The molecular weight excluding hydrogens is 236 g/mol. The average Bonchev–Trinajstić information content (AvgIpc) is 2.25. The summed E-state index contributed by atoms with van der Waals surface area (Å²) in [5, 5.41) is 55.0. The first-order valence-corrected chi connectivity index (χ1v) is 5.09. The van der Waals surface area contributed by atoms with E-state index in [1.807, 2.05) is 0 Å². The highest BCUT2D eigenvalue weighted by Crippen LogP contribution is 2.29. The summed E-state index contributed by atoms with van der Waals surface area (Å²) in [5.74, 6) is -4.29. The highest BCUT2D eigenvalue weighted by molar-refractivity contribution is 5.75. The SMILES string of the molecule is O=C(O)[C@]1(O)C[C@H](O)[C@@H](O)[C@H](C[C@H](O)CO)O1. The van der Waals surface area contributed by atoms with Crippen molar-refractivity contribution in [2.24, 2.45) is 0 Å². The normalized spacial score (nSPS) is 39.9. The smallest absolute Gasteiger partial charge is 0.364 e. The van der Waals surface area contributed by atoms with Gasteiger partial charge >= 0.3 is 5.97 Å². The van der Waals surface area contributed by atoms with E-state index in [4.69, 9.17) is 14.9 Å². The molecule has 6 N–H and O–H groups in total. The number of hydrogen-bond donors (Lipinski definition) is 6. The molecule has 0 amide bonds. The van der Waals surface area contributed by atoms with Crippen LogP contribution in [0.25, 0.3) is 0 Å². The standard InChI is InChI=1S/C9H16O8/c10-3-4(11)1-6-7(13)5(12)2-9(16,17-6)8(14)15/h4-7,10-13,16H,1-3H2,(H,14,15)/t4-,5-,6-,7+,9-/m0/s1. The van der Waals surface area contributed by atoms with Gasteiger partial charge in [-0.25, -0.2) is 4.79 Å². The van der Waals surface area contributed by atoms with Crippen LogP contribution in [0.2, 0.25) is 0 Å². The zero-order valence-corrected chi connectivity index (χ0v) is 8.93. The largest absolute Gasteiger partial charge is 0.477 e. The van der Waals surface area contributed by atoms with Crippen molar-refractivity contribution in [3.8, 4) is 0 Å². The number of aliphatic hydroxyl groups is 5. The molecule has 8 nitrogen and oxygen atoms in total. The van der Waals surface area contributed by atoms with E-state index in [0.717, 1.165) is 0 Å². The number of ether oxygens (including phenoxy) is 1. The molecule has 1 saturated heterocycles. The van der Waals surface area contributed by atoms with E-state index >= 15 is 0 Å². The van der Waals surface area contributed by atoms with Gasteiger partial charge in [-0.15, -0.1) is 0 Å². The van der Waals surface area contributed by atoms with Crippen LogP contribution in [0.1, 0.15) is 12.8 Å². The first-order valence-electron chi connectivity index (χ1n) is 5.09. The van der Waals surface area contributed by atoms with E-state index in [1.165, 1.54) is 0 Å². The number of aliphatic carboxylic acids is 1. The van der Waals surface area contributed by atoms with Gasteiger partial charge in [-0.2, -0.15) is 0 Å². The lowest BCUT2D eigenvalue weighted by molar-refractivity contribution is -0.297. The Balaban J connectivity index is 2.78. The van der Waals surface area contributed by atoms with Crippen LogP contribution in [0.3, 0.4) is 0 Å². The van der Waals surface area contributed by atoms with Gasteiger partial charge in [-0.1, -0.05) is 0 Å². The predicted octanol–water partition coefficient (Wildman–Crippen LogP) is -2.99. The molecule has 1 aliphatic rings. The van der Waals surface area contributed by atoms with E-state index in [-0.39, 0.29) is 6.42 Å². The fraction of sp³-hybridized carbons (Fsp3) is 0.889. The lowest BCUT2D eigenvalue weighted by Crippen LogP contribution is -2.58. The Morgan fingerprint density at radius 2 is 2.06 bits per heavy atom. The molecule has 0 aromatic heterocycles. The Bertz CT molecular complexity index is 282. The maximum Gasteiger partial charge on any atom is 0.364 e. The molecule has 0 aromatic rings. The van der Waals surface area contributed by atoms with E-state index in [9.17, 15) is 25.2 Å². The second-order valence-electron chi connectivity index (χ2n) is 4.08. The number of rotatable bonds is 4. The molecule has 1 rings (SSSR count). The minimum atomic E-state index is -2.60. The second kappa shape index (κ2) is 5.25. The average molecular weight is 252 g/mol. The minimum Gasteiger partial charge on any atom is -0.477 e. The number of hydrogen-bond acceptors (Lipinski definition) is 7. The molecule has 100 valence electrons. The fourth-order valence-corrected chi connectivity index (χ4v) is 1.69. The monoisotopic (exact) mass is 252 g/mol. The highest BCUT2D eigenvalue weighted by Gasteiger charge is 2.50. The van der Waals surface area contributed by atoms with Crippen LogP contribution in [0.5, 0.6) is 0 Å². The van der Waals surface area contributed by atoms with Crippen molar-refractivity contribution < 1.29 is 40.2 Å². The van der Waals surface area contributed by atoms with Crippen molar-refractivity contribution in [2.45, 2.75) is 43.0 Å². The molecule has 0 aliphatic carbocycles. The van der Waals surface area contributed by atoms with E-state index < -0.39 is 49.2 Å². The lowest BCUT2D eigenvalue weighted by atomic mass is 9.92. The van der Waals surface area contributed by atoms with Gasteiger partial charge in [0.05, 0.1) is 24.9 Å². The number of carboxylic acids is 1. The predicted molar refractivity (Wildman–Crippen MR) is 51.8 cm³/mol. The van der Waals surface area contributed by atoms with Crippen molar-refractivity contribution in [3.63, 3.8) is 0 Å². The van der Waals surface area contributed by atoms with Gasteiger partial charge in [-0.05, 0) is 0 Å². The molecule has 5 atom stereocenters. The molecular formula is C9H16O8. The number of carboxylic acid groups (broad SMARTS) is 1. The van der Waals surface area contributed by atoms with E-state index in [1.54, 1.807) is 0 Å². The third kappa shape index (κ3) is 3.12. The Kier molecular flexibility index (Phi) is 4.42. The zero-order chi connectivity index (χ0) is 13.2. The molecule has 1 heterocycles. The van der Waals surface area contributed by atoms with Crippen molar-refractivity contribution >= 4 is 5.97 Å². The molecule has 0 spiro atoms. The van der Waals surface area contributed by atoms with E-state index in [0.29, 0.717) is 0 Å². The first-order chi connectivity index (χ1) is 7.80. The molecule has 0 saturated carbocycles. The summed E-state index contributed by atoms with van der Waals surface area (Å²) in [7, 11) is 0. The molecule has 0 radical (unpaired) electrons. The third-order valence-electron chi connectivity index (χ3n) is 2.66. The molecule has 0 bridgehead atoms. The lowest BCUT2D eigenvalue weighted by Gasteiger charge is -2.40. The van der Waals surface area contributed by atoms with Gasteiger partial charge in [0.15, 0.2) is 0 Å². The maximum absolute atomic E-state index is 10.7. The van der Waals surface area contributed by atoms with Crippen LogP contribution < -0.4 is 0 Å². The van der Waals surface area contributed by atoms with Crippen molar-refractivity contribution in [2.75, 3.05) is 6.61 Å². The van der Waals surface area contributed by atoms with Crippen LogP contribution in [0, 0.1) is 0 Å². The number of aliphatic hydroxyl groups excluding tert-OH is 4. The van der Waals surface area contributed by atoms with Gasteiger partial charge < -0.3 is 35.4 Å². The van der Waals surface area contributed by atoms with Crippen LogP contribution >= 0.6 is 0 Å². The molecule has 1 aliphatic heterocycles. The minimum absolute atomic E-state index is 0.301. The van der Waals surface area contributed by atoms with Crippen LogP contribution in [0.4, 0.5) is 0 Å². The third-order valence-corrected chi connectivity index (χ3v) is 2.66. The van der Waals surface area contributed by atoms with Gasteiger partial charge in [0.1, 0.15) is 6.10 Å². The van der Waals surface area contributed by atoms with Gasteiger partial charge in [0, 0.05) is 12.8 Å².